The van der Waals surface area contributed by atoms with E-state index >= 15 is 0 Å². The Labute approximate surface area is 71.7 Å². The highest BCUT2D eigenvalue weighted by atomic mass is 16.1. The minimum Gasteiger partial charge on any atom is -0.295 e. The third-order valence-corrected chi connectivity index (χ3v) is 2.09. The first-order valence-electron chi connectivity index (χ1n) is 3.99. The number of carbonyl (C=O) groups is 1. The van der Waals surface area contributed by atoms with Gasteiger partial charge in [-0.05, 0) is 42.7 Å². The van der Waals surface area contributed by atoms with Crippen molar-refractivity contribution in [3.8, 4) is 0 Å². The molecule has 0 N–H and O–H groups in total. The van der Waals surface area contributed by atoms with Crippen LogP contribution in [0, 0.1) is 6.07 Å². The minimum absolute atomic E-state index is 0.112. The number of hydrogen-bond acceptors (Lipinski definition) is 1. The van der Waals surface area contributed by atoms with Crippen LogP contribution < -0.4 is 0 Å². The van der Waals surface area contributed by atoms with Gasteiger partial charge in [-0.3, -0.25) is 4.79 Å². The summed E-state index contributed by atoms with van der Waals surface area (Å²) in [6.07, 6.45) is 5.07. The van der Waals surface area contributed by atoms with E-state index in [0.29, 0.717) is 0 Å². The van der Waals surface area contributed by atoms with Gasteiger partial charge in [0.1, 0.15) is 0 Å². The van der Waals surface area contributed by atoms with E-state index in [9.17, 15) is 4.79 Å². The number of allylic oxidation sites excluding steroid dienone is 1. The number of benzene rings is 1. The van der Waals surface area contributed by atoms with Crippen LogP contribution in [0.1, 0.15) is 28.4 Å². The second kappa shape index (κ2) is 2.59. The standard InChI is InChI=1S/C11H9O/c1-8(12)10-6-5-9-3-2-4-11(9)7-10/h2-3,6-7H,4H2,1H3. The number of fused-ring (bicyclic) bond motifs is 1. The molecule has 1 heteroatoms. The first kappa shape index (κ1) is 7.29. The molecule has 1 aromatic carbocycles. The quantitative estimate of drug-likeness (QED) is 0.571. The van der Waals surface area contributed by atoms with Crippen LogP contribution >= 0.6 is 0 Å². The average molecular weight is 157 g/mol. The topological polar surface area (TPSA) is 17.1 Å². The molecule has 0 spiro atoms. The maximum atomic E-state index is 11.0. The molecule has 0 amide bonds. The van der Waals surface area contributed by atoms with E-state index in [1.807, 2.05) is 12.1 Å². The molecule has 0 fully saturated rings. The summed E-state index contributed by atoms with van der Waals surface area (Å²) in [6.45, 7) is 1.58. The molecule has 0 bridgehead atoms. The van der Waals surface area contributed by atoms with Crippen LogP contribution in [0.2, 0.25) is 0 Å². The fraction of sp³-hybridized carbons (Fsp3) is 0.182. The number of hydrogen-bond donors (Lipinski definition) is 0. The van der Waals surface area contributed by atoms with E-state index in [0.717, 1.165) is 17.5 Å². The first-order chi connectivity index (χ1) is 5.77. The Morgan fingerprint density at radius 1 is 1.58 bits per heavy atom. The summed E-state index contributed by atoms with van der Waals surface area (Å²) in [6, 6.07) is 6.80. The minimum atomic E-state index is 0.112. The molecule has 0 saturated carbocycles. The van der Waals surface area contributed by atoms with Crippen molar-refractivity contribution in [1.82, 2.24) is 0 Å². The molecule has 0 aromatic heterocycles. The predicted molar refractivity (Wildman–Crippen MR) is 48.0 cm³/mol. The fourth-order valence-electron chi connectivity index (χ4n) is 1.39. The van der Waals surface area contributed by atoms with E-state index in [2.05, 4.69) is 12.1 Å². The van der Waals surface area contributed by atoms with Gasteiger partial charge < -0.3 is 0 Å². The highest BCUT2D eigenvalue weighted by molar-refractivity contribution is 5.94. The van der Waals surface area contributed by atoms with Crippen molar-refractivity contribution in [1.29, 1.82) is 0 Å². The molecule has 0 unspecified atom stereocenters. The zero-order chi connectivity index (χ0) is 8.55. The van der Waals surface area contributed by atoms with Crippen molar-refractivity contribution in [2.24, 2.45) is 0 Å². The summed E-state index contributed by atoms with van der Waals surface area (Å²) in [5, 5.41) is 0. The maximum absolute atomic E-state index is 11.0. The molecular weight excluding hydrogens is 148 g/mol. The Hall–Kier alpha value is -1.37. The van der Waals surface area contributed by atoms with E-state index in [1.54, 1.807) is 13.0 Å². The van der Waals surface area contributed by atoms with Crippen LogP contribution in [0.5, 0.6) is 0 Å². The summed E-state index contributed by atoms with van der Waals surface area (Å²) in [5.41, 5.74) is 3.10. The molecule has 1 aliphatic rings. The maximum Gasteiger partial charge on any atom is 0.159 e. The molecule has 0 aliphatic heterocycles. The first-order valence-corrected chi connectivity index (χ1v) is 3.99. The van der Waals surface area contributed by atoms with Gasteiger partial charge in [-0.25, -0.2) is 0 Å². The normalized spacial score (nSPS) is 13.1. The Kier molecular flexibility index (Phi) is 1.58. The SMILES string of the molecule is CC(=O)c1c[c]c2c(c1)CC=C2. The summed E-state index contributed by atoms with van der Waals surface area (Å²) in [5.74, 6) is 0.112. The van der Waals surface area contributed by atoms with Gasteiger partial charge in [0.05, 0.1) is 0 Å². The molecule has 12 heavy (non-hydrogen) atoms. The van der Waals surface area contributed by atoms with Gasteiger partial charge in [0.15, 0.2) is 5.78 Å². The summed E-state index contributed by atoms with van der Waals surface area (Å²) in [7, 11) is 0. The van der Waals surface area contributed by atoms with Gasteiger partial charge in [0, 0.05) is 5.56 Å². The molecule has 2 rings (SSSR count). The summed E-state index contributed by atoms with van der Waals surface area (Å²) < 4.78 is 0. The molecule has 1 aliphatic carbocycles. The van der Waals surface area contributed by atoms with Gasteiger partial charge in [0.25, 0.3) is 0 Å². The van der Waals surface area contributed by atoms with Crippen LogP contribution in [-0.4, -0.2) is 5.78 Å². The van der Waals surface area contributed by atoms with E-state index in [-0.39, 0.29) is 5.78 Å². The molecule has 0 atom stereocenters. The Balaban J connectivity index is 2.49. The van der Waals surface area contributed by atoms with Crippen LogP contribution in [0.15, 0.2) is 18.2 Å². The zero-order valence-electron chi connectivity index (χ0n) is 6.92. The smallest absolute Gasteiger partial charge is 0.159 e. The van der Waals surface area contributed by atoms with Gasteiger partial charge in [-0.15, -0.1) is 0 Å². The van der Waals surface area contributed by atoms with Crippen LogP contribution in [0.25, 0.3) is 6.08 Å². The molecule has 0 heterocycles. The predicted octanol–water partition coefficient (Wildman–Crippen LogP) is 2.26. The van der Waals surface area contributed by atoms with Gasteiger partial charge in [-0.2, -0.15) is 0 Å². The molecule has 0 saturated heterocycles. The van der Waals surface area contributed by atoms with E-state index in [1.165, 1.54) is 5.56 Å². The molecule has 1 nitrogen and oxygen atoms in total. The van der Waals surface area contributed by atoms with Crippen LogP contribution in [0.3, 0.4) is 0 Å². The number of ketones is 1. The van der Waals surface area contributed by atoms with Gasteiger partial charge in [-0.1, -0.05) is 12.2 Å². The van der Waals surface area contributed by atoms with Gasteiger partial charge in [0.2, 0.25) is 0 Å². The summed E-state index contributed by atoms with van der Waals surface area (Å²) >= 11 is 0. The van der Waals surface area contributed by atoms with Crippen molar-refractivity contribution >= 4 is 11.9 Å². The highest BCUT2D eigenvalue weighted by Gasteiger charge is 2.07. The van der Waals surface area contributed by atoms with Gasteiger partial charge >= 0.3 is 0 Å². The number of carbonyl (C=O) groups excluding carboxylic acids is 1. The monoisotopic (exact) mass is 157 g/mol. The fourth-order valence-corrected chi connectivity index (χ4v) is 1.39. The molecule has 1 aromatic rings. The second-order valence-electron chi connectivity index (χ2n) is 2.99. The van der Waals surface area contributed by atoms with Crippen LogP contribution in [0.4, 0.5) is 0 Å². The zero-order valence-corrected chi connectivity index (χ0v) is 6.92. The molecule has 59 valence electrons. The second-order valence-corrected chi connectivity index (χ2v) is 2.99. The third-order valence-electron chi connectivity index (χ3n) is 2.09. The molecular formula is C11H9O. The number of rotatable bonds is 1. The van der Waals surface area contributed by atoms with E-state index in [4.69, 9.17) is 0 Å². The highest BCUT2D eigenvalue weighted by Crippen LogP contribution is 2.19. The third kappa shape index (κ3) is 1.07. The van der Waals surface area contributed by atoms with Crippen molar-refractivity contribution in [2.75, 3.05) is 0 Å². The van der Waals surface area contributed by atoms with Crippen molar-refractivity contribution in [3.05, 3.63) is 41.0 Å². The lowest BCUT2D eigenvalue weighted by Crippen LogP contribution is -1.93. The van der Waals surface area contributed by atoms with E-state index < -0.39 is 0 Å². The Morgan fingerprint density at radius 3 is 3.17 bits per heavy atom. The van der Waals surface area contributed by atoms with Crippen molar-refractivity contribution in [3.63, 3.8) is 0 Å². The lowest BCUT2D eigenvalue weighted by Gasteiger charge is -1.99. The lowest BCUT2D eigenvalue weighted by atomic mass is 10.0. The largest absolute Gasteiger partial charge is 0.295 e. The van der Waals surface area contributed by atoms with Crippen molar-refractivity contribution in [2.45, 2.75) is 13.3 Å². The Bertz CT molecular complexity index is 361. The lowest BCUT2D eigenvalue weighted by molar-refractivity contribution is 0.101. The van der Waals surface area contributed by atoms with Crippen LogP contribution in [-0.2, 0) is 6.42 Å². The Morgan fingerprint density at radius 2 is 2.42 bits per heavy atom. The molecule has 1 radical (unpaired) electrons. The van der Waals surface area contributed by atoms with Crippen molar-refractivity contribution < 1.29 is 4.79 Å². The number of Topliss-reactive ketones (excluding diaryl/α,β-unsaturated/α-hetero) is 1. The summed E-state index contributed by atoms with van der Waals surface area (Å²) in [4.78, 5) is 11.0. The average Bonchev–Trinajstić information content (AvgIpc) is 2.49.